The SMILES string of the molecule is O[C@@H]1[C@H](O)[C@@H]2OC3(CCCCC3)O[C@@H]2[C@H]2OC3(CCCCC3)O[C@H]12. The fourth-order valence-corrected chi connectivity index (χ4v) is 5.39. The van der Waals surface area contributed by atoms with E-state index in [-0.39, 0.29) is 12.2 Å². The van der Waals surface area contributed by atoms with Gasteiger partial charge in [-0.25, -0.2) is 0 Å². The van der Waals surface area contributed by atoms with Gasteiger partial charge in [0.15, 0.2) is 11.6 Å². The summed E-state index contributed by atoms with van der Waals surface area (Å²) >= 11 is 0. The second-order valence-electron chi connectivity index (χ2n) is 8.25. The highest BCUT2D eigenvalue weighted by Gasteiger charge is 2.65. The maximum atomic E-state index is 10.6. The molecule has 0 aromatic rings. The first-order valence-corrected chi connectivity index (χ1v) is 9.69. The molecule has 5 rings (SSSR count). The fraction of sp³-hybridized carbons (Fsp3) is 1.00. The second kappa shape index (κ2) is 5.63. The zero-order valence-electron chi connectivity index (χ0n) is 14.1. The number of fused-ring (bicyclic) bond motifs is 3. The number of aliphatic hydroxyl groups is 2. The van der Waals surface area contributed by atoms with Crippen LogP contribution in [0.4, 0.5) is 0 Å². The lowest BCUT2D eigenvalue weighted by Crippen LogP contribution is -2.61. The Morgan fingerprint density at radius 3 is 1.21 bits per heavy atom. The minimum Gasteiger partial charge on any atom is -0.387 e. The van der Waals surface area contributed by atoms with Crippen molar-refractivity contribution >= 4 is 0 Å². The van der Waals surface area contributed by atoms with Crippen LogP contribution in [0.3, 0.4) is 0 Å². The quantitative estimate of drug-likeness (QED) is 0.698. The van der Waals surface area contributed by atoms with Crippen LogP contribution in [0.2, 0.25) is 0 Å². The molecule has 3 saturated carbocycles. The van der Waals surface area contributed by atoms with E-state index in [0.29, 0.717) is 0 Å². The first-order valence-electron chi connectivity index (χ1n) is 9.69. The summed E-state index contributed by atoms with van der Waals surface area (Å²) in [6, 6.07) is 0. The van der Waals surface area contributed by atoms with Crippen molar-refractivity contribution in [1.29, 1.82) is 0 Å². The van der Waals surface area contributed by atoms with E-state index in [1.165, 1.54) is 12.8 Å². The smallest absolute Gasteiger partial charge is 0.169 e. The maximum Gasteiger partial charge on any atom is 0.169 e. The average molecular weight is 340 g/mol. The van der Waals surface area contributed by atoms with Gasteiger partial charge in [0.25, 0.3) is 0 Å². The van der Waals surface area contributed by atoms with Crippen molar-refractivity contribution in [3.05, 3.63) is 0 Å². The zero-order valence-corrected chi connectivity index (χ0v) is 14.1. The van der Waals surface area contributed by atoms with E-state index >= 15 is 0 Å². The number of hydrogen-bond acceptors (Lipinski definition) is 6. The normalized spacial score (nSPS) is 49.2. The van der Waals surface area contributed by atoms with Crippen molar-refractivity contribution in [3.8, 4) is 0 Å². The van der Waals surface area contributed by atoms with Gasteiger partial charge in [-0.3, -0.25) is 0 Å². The van der Waals surface area contributed by atoms with Gasteiger partial charge in [0.05, 0.1) is 0 Å². The Morgan fingerprint density at radius 2 is 0.833 bits per heavy atom. The zero-order chi connectivity index (χ0) is 16.4. The van der Waals surface area contributed by atoms with Crippen LogP contribution in [0.15, 0.2) is 0 Å². The highest BCUT2D eigenvalue weighted by atomic mass is 16.8. The van der Waals surface area contributed by atoms with E-state index < -0.39 is 36.0 Å². The van der Waals surface area contributed by atoms with E-state index in [2.05, 4.69) is 0 Å². The molecule has 2 N–H and O–H groups in total. The lowest BCUT2D eigenvalue weighted by atomic mass is 9.85. The van der Waals surface area contributed by atoms with E-state index in [0.717, 1.165) is 51.4 Å². The first kappa shape index (κ1) is 16.0. The summed E-state index contributed by atoms with van der Waals surface area (Å²) in [5, 5.41) is 21.2. The van der Waals surface area contributed by atoms with Crippen LogP contribution in [-0.2, 0) is 18.9 Å². The minimum absolute atomic E-state index is 0.354. The first-order chi connectivity index (χ1) is 11.6. The molecule has 2 spiro atoms. The standard InChI is InChI=1S/C18H28O6/c19-11-12(20)14-16(24-18(22-14)9-5-2-6-10-18)15-13(11)21-17(23-15)7-3-1-4-8-17/h11-16,19-20H,1-10H2/t11-,12+,13-,14+,15-,16-/m0/s1. The summed E-state index contributed by atoms with van der Waals surface area (Å²) in [5.41, 5.74) is 0. The molecule has 2 aliphatic heterocycles. The van der Waals surface area contributed by atoms with Gasteiger partial charge in [0, 0.05) is 25.7 Å². The van der Waals surface area contributed by atoms with E-state index in [4.69, 9.17) is 18.9 Å². The third-order valence-electron chi connectivity index (χ3n) is 6.63. The molecule has 0 bridgehead atoms. The summed E-state index contributed by atoms with van der Waals surface area (Å²) in [7, 11) is 0. The molecule has 6 heteroatoms. The van der Waals surface area contributed by atoms with Gasteiger partial charge < -0.3 is 29.2 Å². The van der Waals surface area contributed by atoms with E-state index in [1.54, 1.807) is 0 Å². The summed E-state index contributed by atoms with van der Waals surface area (Å²) in [6.07, 6.45) is 6.38. The molecule has 3 aliphatic carbocycles. The van der Waals surface area contributed by atoms with Gasteiger partial charge in [-0.05, 0) is 25.7 Å². The Bertz CT molecular complexity index is 440. The fourth-order valence-electron chi connectivity index (χ4n) is 5.39. The average Bonchev–Trinajstić information content (AvgIpc) is 3.14. The third kappa shape index (κ3) is 2.31. The van der Waals surface area contributed by atoms with Crippen LogP contribution in [0.5, 0.6) is 0 Å². The van der Waals surface area contributed by atoms with Crippen molar-refractivity contribution in [2.75, 3.05) is 0 Å². The van der Waals surface area contributed by atoms with Crippen LogP contribution in [0.25, 0.3) is 0 Å². The van der Waals surface area contributed by atoms with Crippen LogP contribution in [0, 0.1) is 0 Å². The molecule has 0 unspecified atom stereocenters. The van der Waals surface area contributed by atoms with Crippen molar-refractivity contribution in [2.24, 2.45) is 0 Å². The predicted octanol–water partition coefficient (Wildman–Crippen LogP) is 1.61. The minimum atomic E-state index is -0.986. The number of aliphatic hydroxyl groups excluding tert-OH is 2. The van der Waals surface area contributed by atoms with Crippen LogP contribution < -0.4 is 0 Å². The lowest BCUT2D eigenvalue weighted by Gasteiger charge is -2.38. The molecular formula is C18H28O6. The van der Waals surface area contributed by atoms with Gasteiger partial charge in [0.2, 0.25) is 0 Å². The molecule has 6 nitrogen and oxygen atoms in total. The Morgan fingerprint density at radius 1 is 0.500 bits per heavy atom. The number of hydrogen-bond donors (Lipinski definition) is 2. The molecule has 6 atom stereocenters. The van der Waals surface area contributed by atoms with Gasteiger partial charge in [-0.15, -0.1) is 0 Å². The Kier molecular flexibility index (Phi) is 3.75. The highest BCUT2D eigenvalue weighted by Crippen LogP contribution is 2.51. The van der Waals surface area contributed by atoms with E-state index in [1.807, 2.05) is 0 Å². The highest BCUT2D eigenvalue weighted by molar-refractivity contribution is 5.09. The summed E-state index contributed by atoms with van der Waals surface area (Å²) in [5.74, 6) is -1.20. The molecule has 24 heavy (non-hydrogen) atoms. The Labute approximate surface area is 142 Å². The maximum absolute atomic E-state index is 10.6. The summed E-state index contributed by atoms with van der Waals surface area (Å²) in [6.45, 7) is 0. The van der Waals surface area contributed by atoms with Gasteiger partial charge in [-0.2, -0.15) is 0 Å². The molecule has 0 aromatic carbocycles. The number of ether oxygens (including phenoxy) is 4. The van der Waals surface area contributed by atoms with Crippen LogP contribution >= 0.6 is 0 Å². The second-order valence-corrected chi connectivity index (χ2v) is 8.25. The molecule has 0 aromatic heterocycles. The van der Waals surface area contributed by atoms with E-state index in [9.17, 15) is 10.2 Å². The molecular weight excluding hydrogens is 312 g/mol. The lowest BCUT2D eigenvalue weighted by molar-refractivity contribution is -0.224. The Hall–Kier alpha value is -0.240. The van der Waals surface area contributed by atoms with Crippen LogP contribution in [0.1, 0.15) is 64.2 Å². The van der Waals surface area contributed by atoms with Crippen molar-refractivity contribution < 1.29 is 29.2 Å². The number of rotatable bonds is 0. The van der Waals surface area contributed by atoms with Gasteiger partial charge in [-0.1, -0.05) is 12.8 Å². The molecule has 0 radical (unpaired) electrons. The van der Waals surface area contributed by atoms with Crippen LogP contribution in [-0.4, -0.2) is 58.4 Å². The largest absolute Gasteiger partial charge is 0.387 e. The molecule has 2 saturated heterocycles. The summed E-state index contributed by atoms with van der Waals surface area (Å²) in [4.78, 5) is 0. The monoisotopic (exact) mass is 340 g/mol. The molecule has 5 fully saturated rings. The van der Waals surface area contributed by atoms with Gasteiger partial charge >= 0.3 is 0 Å². The molecule has 5 aliphatic rings. The third-order valence-corrected chi connectivity index (χ3v) is 6.63. The van der Waals surface area contributed by atoms with Gasteiger partial charge in [0.1, 0.15) is 36.6 Å². The Balaban J connectivity index is 1.42. The predicted molar refractivity (Wildman–Crippen MR) is 83.1 cm³/mol. The van der Waals surface area contributed by atoms with Crippen molar-refractivity contribution in [3.63, 3.8) is 0 Å². The molecule has 2 heterocycles. The van der Waals surface area contributed by atoms with Crippen molar-refractivity contribution in [1.82, 2.24) is 0 Å². The molecule has 0 amide bonds. The molecule has 136 valence electrons. The van der Waals surface area contributed by atoms with Crippen molar-refractivity contribution in [2.45, 2.75) is 112 Å². The topological polar surface area (TPSA) is 77.4 Å². The summed E-state index contributed by atoms with van der Waals surface area (Å²) < 4.78 is 25.1.